The van der Waals surface area contributed by atoms with E-state index in [1.165, 1.54) is 0 Å². The largest absolute Gasteiger partial charge is 0.493 e. The smallest absolute Gasteiger partial charge is 0.247 e. The van der Waals surface area contributed by atoms with Crippen molar-refractivity contribution in [3.8, 4) is 11.5 Å². The van der Waals surface area contributed by atoms with Crippen molar-refractivity contribution in [2.75, 3.05) is 20.8 Å². The number of carbonyl (C=O) groups excluding carboxylic acids is 2. The maximum Gasteiger partial charge on any atom is 0.247 e. The van der Waals surface area contributed by atoms with Gasteiger partial charge in [-0.3, -0.25) is 9.59 Å². The third kappa shape index (κ3) is 7.25. The molecule has 6 nitrogen and oxygen atoms in total. The summed E-state index contributed by atoms with van der Waals surface area (Å²) in [6, 6.07) is 21.3. The molecule has 0 aliphatic heterocycles. The molecule has 0 aromatic heterocycles. The Morgan fingerprint density at radius 1 is 0.889 bits per heavy atom. The molecular formula is C29H33ClN2O4. The molecule has 0 aliphatic carbocycles. The number of amides is 2. The fourth-order valence-corrected chi connectivity index (χ4v) is 4.01. The van der Waals surface area contributed by atoms with Gasteiger partial charge in [0.05, 0.1) is 20.6 Å². The van der Waals surface area contributed by atoms with Crippen LogP contribution in [-0.2, 0) is 22.6 Å². The van der Waals surface area contributed by atoms with Crippen LogP contribution in [-0.4, -0.2) is 37.5 Å². The third-order valence-corrected chi connectivity index (χ3v) is 6.00. The zero-order valence-corrected chi connectivity index (χ0v) is 21.9. The zero-order chi connectivity index (χ0) is 26.1. The van der Waals surface area contributed by atoms with Crippen LogP contribution in [0.15, 0.2) is 72.8 Å². The number of methoxy groups -OCH3 is 2. The second-order valence-electron chi connectivity index (χ2n) is 8.97. The molecule has 0 unspecified atom stereocenters. The van der Waals surface area contributed by atoms with Crippen LogP contribution in [0.25, 0.3) is 0 Å². The number of hydrogen-bond donors (Lipinski definition) is 1. The topological polar surface area (TPSA) is 67.9 Å². The first-order valence-corrected chi connectivity index (χ1v) is 12.3. The van der Waals surface area contributed by atoms with E-state index in [0.29, 0.717) is 23.1 Å². The predicted molar refractivity (Wildman–Crippen MR) is 142 cm³/mol. The van der Waals surface area contributed by atoms with Gasteiger partial charge in [0.15, 0.2) is 11.5 Å². The van der Waals surface area contributed by atoms with Crippen LogP contribution in [0.5, 0.6) is 11.5 Å². The van der Waals surface area contributed by atoms with Crippen molar-refractivity contribution in [3.63, 3.8) is 0 Å². The van der Waals surface area contributed by atoms with Gasteiger partial charge in [-0.25, -0.2) is 0 Å². The fourth-order valence-electron chi connectivity index (χ4n) is 3.89. The first kappa shape index (κ1) is 27.1. The first-order chi connectivity index (χ1) is 17.3. The van der Waals surface area contributed by atoms with Crippen LogP contribution >= 0.6 is 11.6 Å². The van der Waals surface area contributed by atoms with Gasteiger partial charge in [0.1, 0.15) is 6.04 Å². The molecule has 190 valence electrons. The predicted octanol–water partition coefficient (Wildman–Crippen LogP) is 5.44. The molecule has 2 amide bonds. The number of halogens is 1. The Bertz CT molecular complexity index is 1150. The Morgan fingerprint density at radius 2 is 1.53 bits per heavy atom. The van der Waals surface area contributed by atoms with E-state index in [2.05, 4.69) is 5.32 Å². The van der Waals surface area contributed by atoms with Crippen LogP contribution in [0.2, 0.25) is 5.02 Å². The molecule has 0 bridgehead atoms. The average Bonchev–Trinajstić information content (AvgIpc) is 2.88. The fraction of sp³-hybridized carbons (Fsp3) is 0.310. The standard InChI is InChI=1S/C29H33ClN2O4/c1-20(2)18-31-29(34)28(23-8-6-5-7-9-23)32(19-21-10-13-24(30)14-11-21)27(33)17-22-12-15-25(35-3)26(16-22)36-4/h5-16,20,28H,17-19H2,1-4H3,(H,31,34)/t28-/m1/s1. The highest BCUT2D eigenvalue weighted by Gasteiger charge is 2.31. The van der Waals surface area contributed by atoms with Gasteiger partial charge in [0, 0.05) is 18.1 Å². The summed E-state index contributed by atoms with van der Waals surface area (Å²) in [5.41, 5.74) is 2.37. The molecule has 0 radical (unpaired) electrons. The van der Waals surface area contributed by atoms with Gasteiger partial charge in [0.25, 0.3) is 0 Å². The lowest BCUT2D eigenvalue weighted by atomic mass is 10.0. The van der Waals surface area contributed by atoms with Crippen molar-refractivity contribution in [2.24, 2.45) is 5.92 Å². The Kier molecular flexibility index (Phi) is 9.77. The number of carbonyl (C=O) groups is 2. The van der Waals surface area contributed by atoms with Crippen LogP contribution in [0.1, 0.15) is 36.6 Å². The summed E-state index contributed by atoms with van der Waals surface area (Å²) in [5.74, 6) is 0.996. The highest BCUT2D eigenvalue weighted by atomic mass is 35.5. The molecule has 1 N–H and O–H groups in total. The Hall–Kier alpha value is -3.51. The lowest BCUT2D eigenvalue weighted by Gasteiger charge is -2.32. The van der Waals surface area contributed by atoms with Crippen molar-refractivity contribution < 1.29 is 19.1 Å². The van der Waals surface area contributed by atoms with E-state index < -0.39 is 6.04 Å². The van der Waals surface area contributed by atoms with Crippen LogP contribution < -0.4 is 14.8 Å². The second-order valence-corrected chi connectivity index (χ2v) is 9.40. The van der Waals surface area contributed by atoms with E-state index in [1.54, 1.807) is 43.4 Å². The number of nitrogens with zero attached hydrogens (tertiary/aromatic N) is 1. The van der Waals surface area contributed by atoms with Crippen LogP contribution in [0, 0.1) is 5.92 Å². The van der Waals surface area contributed by atoms with Gasteiger partial charge >= 0.3 is 0 Å². The molecule has 0 saturated heterocycles. The molecule has 7 heteroatoms. The minimum atomic E-state index is -0.798. The molecule has 0 spiro atoms. The lowest BCUT2D eigenvalue weighted by Crippen LogP contribution is -2.44. The van der Waals surface area contributed by atoms with E-state index in [1.807, 2.05) is 62.4 Å². The normalized spacial score (nSPS) is 11.6. The second kappa shape index (κ2) is 13.0. The van der Waals surface area contributed by atoms with E-state index in [9.17, 15) is 9.59 Å². The van der Waals surface area contributed by atoms with Gasteiger partial charge in [-0.1, -0.05) is 74.0 Å². The quantitative estimate of drug-likeness (QED) is 0.374. The summed E-state index contributed by atoms with van der Waals surface area (Å²) in [4.78, 5) is 29.0. The SMILES string of the molecule is COc1ccc(CC(=O)N(Cc2ccc(Cl)cc2)[C@@H](C(=O)NCC(C)C)c2ccccc2)cc1OC. The van der Waals surface area contributed by atoms with E-state index >= 15 is 0 Å². The van der Waals surface area contributed by atoms with Gasteiger partial charge < -0.3 is 19.7 Å². The van der Waals surface area contributed by atoms with E-state index in [-0.39, 0.29) is 30.7 Å². The third-order valence-electron chi connectivity index (χ3n) is 5.75. The summed E-state index contributed by atoms with van der Waals surface area (Å²) >= 11 is 6.08. The number of nitrogens with one attached hydrogen (secondary N) is 1. The molecule has 3 rings (SSSR count). The van der Waals surface area contributed by atoms with Crippen molar-refractivity contribution in [1.29, 1.82) is 0 Å². The molecule has 3 aromatic carbocycles. The van der Waals surface area contributed by atoms with Gasteiger partial charge in [0.2, 0.25) is 11.8 Å². The van der Waals surface area contributed by atoms with Gasteiger partial charge in [-0.15, -0.1) is 0 Å². The van der Waals surface area contributed by atoms with Crippen LogP contribution in [0.3, 0.4) is 0 Å². The molecule has 36 heavy (non-hydrogen) atoms. The maximum absolute atomic E-state index is 13.8. The first-order valence-electron chi connectivity index (χ1n) is 11.9. The molecule has 0 saturated carbocycles. The average molecular weight is 509 g/mol. The molecule has 3 aromatic rings. The highest BCUT2D eigenvalue weighted by Crippen LogP contribution is 2.29. The minimum Gasteiger partial charge on any atom is -0.493 e. The van der Waals surface area contributed by atoms with Crippen molar-refractivity contribution in [1.82, 2.24) is 10.2 Å². The highest BCUT2D eigenvalue weighted by molar-refractivity contribution is 6.30. The lowest BCUT2D eigenvalue weighted by molar-refractivity contribution is -0.141. The summed E-state index contributed by atoms with van der Waals surface area (Å²) in [7, 11) is 3.12. The molecule has 0 fully saturated rings. The Morgan fingerprint density at radius 3 is 2.14 bits per heavy atom. The number of hydrogen-bond acceptors (Lipinski definition) is 4. The number of benzene rings is 3. The minimum absolute atomic E-state index is 0.0920. The summed E-state index contributed by atoms with van der Waals surface area (Å²) in [6.45, 7) is 4.83. The van der Waals surface area contributed by atoms with E-state index in [4.69, 9.17) is 21.1 Å². The molecule has 0 heterocycles. The van der Waals surface area contributed by atoms with Crippen molar-refractivity contribution in [2.45, 2.75) is 32.9 Å². The molecule has 1 atom stereocenters. The maximum atomic E-state index is 13.8. The number of rotatable bonds is 11. The summed E-state index contributed by atoms with van der Waals surface area (Å²) < 4.78 is 10.7. The number of ether oxygens (including phenoxy) is 2. The zero-order valence-electron chi connectivity index (χ0n) is 21.2. The molecule has 0 aliphatic rings. The Balaban J connectivity index is 2.00. The van der Waals surface area contributed by atoms with E-state index in [0.717, 1.165) is 16.7 Å². The van der Waals surface area contributed by atoms with Crippen molar-refractivity contribution in [3.05, 3.63) is 94.5 Å². The van der Waals surface area contributed by atoms with Crippen molar-refractivity contribution >= 4 is 23.4 Å². The summed E-state index contributed by atoms with van der Waals surface area (Å²) in [6.07, 6.45) is 0.0920. The van der Waals surface area contributed by atoms with Gasteiger partial charge in [-0.2, -0.15) is 0 Å². The van der Waals surface area contributed by atoms with Gasteiger partial charge in [-0.05, 0) is 46.9 Å². The Labute approximate surface area is 218 Å². The van der Waals surface area contributed by atoms with Crippen LogP contribution in [0.4, 0.5) is 0 Å². The monoisotopic (exact) mass is 508 g/mol. The molecular weight excluding hydrogens is 476 g/mol. The summed E-state index contributed by atoms with van der Waals surface area (Å²) in [5, 5.41) is 3.63.